The van der Waals surface area contributed by atoms with E-state index in [-0.39, 0.29) is 0 Å². The minimum atomic E-state index is 0.394. The van der Waals surface area contributed by atoms with Crippen LogP contribution < -0.4 is 16.6 Å². The smallest absolute Gasteiger partial charge is 0.239 e. The van der Waals surface area contributed by atoms with Crippen LogP contribution in [-0.2, 0) is 6.42 Å². The second-order valence-corrected chi connectivity index (χ2v) is 4.69. The number of fused-ring (bicyclic) bond motifs is 1. The summed E-state index contributed by atoms with van der Waals surface area (Å²) in [5.74, 6) is 6.59. The number of aryl methyl sites for hydroxylation is 1. The summed E-state index contributed by atoms with van der Waals surface area (Å²) in [4.78, 5) is 8.78. The number of nitrogens with two attached hydrogens (primary N) is 1. The highest BCUT2D eigenvalue weighted by atomic mass is 15.3. The number of nitrogens with one attached hydrogen (secondary N) is 2. The summed E-state index contributed by atoms with van der Waals surface area (Å²) in [6.07, 6.45) is 0.953. The van der Waals surface area contributed by atoms with E-state index in [1.54, 1.807) is 0 Å². The van der Waals surface area contributed by atoms with Gasteiger partial charge in [-0.15, -0.1) is 0 Å². The Morgan fingerprint density at radius 3 is 2.57 bits per heavy atom. The number of rotatable bonds is 4. The van der Waals surface area contributed by atoms with Crippen LogP contribution in [-0.4, -0.2) is 9.97 Å². The molecule has 0 spiro atoms. The molecular formula is C16H17N5. The number of para-hydroxylation sites is 2. The van der Waals surface area contributed by atoms with Crippen molar-refractivity contribution in [2.24, 2.45) is 5.84 Å². The van der Waals surface area contributed by atoms with Gasteiger partial charge in [0.1, 0.15) is 5.82 Å². The van der Waals surface area contributed by atoms with Crippen molar-refractivity contribution in [3.63, 3.8) is 0 Å². The maximum Gasteiger partial charge on any atom is 0.239 e. The standard InChI is InChI=1S/C16H17N5/c1-2-11-7-3-5-9-13(11)18-15-12-8-4-6-10-14(12)19-16(20-15)21-17/h3-10H,2,17H2,1H3,(H2,18,19,20,21). The number of nitrogens with zero attached hydrogens (tertiary/aromatic N) is 2. The third kappa shape index (κ3) is 2.64. The van der Waals surface area contributed by atoms with Gasteiger partial charge in [-0.25, -0.2) is 10.8 Å². The van der Waals surface area contributed by atoms with Gasteiger partial charge in [0.2, 0.25) is 5.95 Å². The first kappa shape index (κ1) is 13.3. The lowest BCUT2D eigenvalue weighted by Gasteiger charge is -2.13. The molecule has 106 valence electrons. The summed E-state index contributed by atoms with van der Waals surface area (Å²) in [6.45, 7) is 2.13. The average Bonchev–Trinajstić information content (AvgIpc) is 2.55. The van der Waals surface area contributed by atoms with Gasteiger partial charge in [0.15, 0.2) is 0 Å². The fourth-order valence-electron chi connectivity index (χ4n) is 2.31. The normalized spacial score (nSPS) is 10.6. The number of aromatic nitrogens is 2. The summed E-state index contributed by atoms with van der Waals surface area (Å²) < 4.78 is 0. The van der Waals surface area contributed by atoms with Crippen molar-refractivity contribution in [1.82, 2.24) is 9.97 Å². The molecule has 5 heteroatoms. The van der Waals surface area contributed by atoms with Crippen molar-refractivity contribution >= 4 is 28.4 Å². The zero-order valence-electron chi connectivity index (χ0n) is 11.8. The summed E-state index contributed by atoms with van der Waals surface area (Å²) in [5, 5.41) is 4.36. The molecular weight excluding hydrogens is 262 g/mol. The first-order valence-electron chi connectivity index (χ1n) is 6.90. The summed E-state index contributed by atoms with van der Waals surface area (Å²) in [5.41, 5.74) is 5.64. The number of hydrogen-bond donors (Lipinski definition) is 3. The fraction of sp³-hybridized carbons (Fsp3) is 0.125. The van der Waals surface area contributed by atoms with E-state index in [4.69, 9.17) is 5.84 Å². The molecule has 2 aromatic carbocycles. The Labute approximate surface area is 123 Å². The number of anilines is 3. The van der Waals surface area contributed by atoms with Crippen molar-refractivity contribution in [1.29, 1.82) is 0 Å². The molecule has 0 aliphatic rings. The predicted octanol–water partition coefficient (Wildman–Crippen LogP) is 3.22. The van der Waals surface area contributed by atoms with E-state index in [2.05, 4.69) is 33.7 Å². The van der Waals surface area contributed by atoms with Gasteiger partial charge in [0.25, 0.3) is 0 Å². The number of hydrazine groups is 1. The highest BCUT2D eigenvalue weighted by molar-refractivity contribution is 5.91. The SMILES string of the molecule is CCc1ccccc1Nc1nc(NN)nc2ccccc12. The van der Waals surface area contributed by atoms with Crippen LogP contribution in [0.5, 0.6) is 0 Å². The molecule has 5 nitrogen and oxygen atoms in total. The minimum absolute atomic E-state index is 0.394. The Kier molecular flexibility index (Phi) is 3.66. The molecule has 4 N–H and O–H groups in total. The number of nitrogen functional groups attached to an aromatic ring is 1. The van der Waals surface area contributed by atoms with E-state index in [9.17, 15) is 0 Å². The van der Waals surface area contributed by atoms with Gasteiger partial charge in [-0.1, -0.05) is 37.3 Å². The van der Waals surface area contributed by atoms with Gasteiger partial charge >= 0.3 is 0 Å². The summed E-state index contributed by atoms with van der Waals surface area (Å²) >= 11 is 0. The Balaban J connectivity index is 2.11. The van der Waals surface area contributed by atoms with Crippen LogP contribution in [0.4, 0.5) is 17.5 Å². The van der Waals surface area contributed by atoms with Gasteiger partial charge in [-0.05, 0) is 30.2 Å². The molecule has 3 aromatic rings. The van der Waals surface area contributed by atoms with Gasteiger partial charge < -0.3 is 5.32 Å². The van der Waals surface area contributed by atoms with Crippen LogP contribution in [0, 0.1) is 0 Å². The predicted molar refractivity (Wildman–Crippen MR) is 86.5 cm³/mol. The maximum absolute atomic E-state index is 5.46. The first-order valence-corrected chi connectivity index (χ1v) is 6.90. The van der Waals surface area contributed by atoms with E-state index in [0.717, 1.165) is 28.8 Å². The molecule has 1 heterocycles. The van der Waals surface area contributed by atoms with Gasteiger partial charge in [0, 0.05) is 11.1 Å². The molecule has 1 aromatic heterocycles. The molecule has 0 radical (unpaired) electrons. The molecule has 0 aliphatic heterocycles. The zero-order chi connectivity index (χ0) is 14.7. The topological polar surface area (TPSA) is 75.9 Å². The molecule has 0 saturated heterocycles. The first-order chi connectivity index (χ1) is 10.3. The molecule has 3 rings (SSSR count). The Hall–Kier alpha value is -2.66. The van der Waals surface area contributed by atoms with E-state index in [1.165, 1.54) is 5.56 Å². The minimum Gasteiger partial charge on any atom is -0.339 e. The summed E-state index contributed by atoms with van der Waals surface area (Å²) in [6, 6.07) is 16.0. The molecule has 0 bridgehead atoms. The third-order valence-corrected chi connectivity index (χ3v) is 3.38. The molecule has 0 unspecified atom stereocenters. The number of hydrogen-bond acceptors (Lipinski definition) is 5. The Morgan fingerprint density at radius 1 is 1.00 bits per heavy atom. The molecule has 21 heavy (non-hydrogen) atoms. The lowest BCUT2D eigenvalue weighted by atomic mass is 10.1. The summed E-state index contributed by atoms with van der Waals surface area (Å²) in [7, 11) is 0. The highest BCUT2D eigenvalue weighted by Crippen LogP contribution is 2.26. The van der Waals surface area contributed by atoms with Crippen molar-refractivity contribution in [2.45, 2.75) is 13.3 Å². The maximum atomic E-state index is 5.46. The van der Waals surface area contributed by atoms with Gasteiger partial charge in [-0.2, -0.15) is 4.98 Å². The van der Waals surface area contributed by atoms with E-state index >= 15 is 0 Å². The lowest BCUT2D eigenvalue weighted by molar-refractivity contribution is 1.13. The Morgan fingerprint density at radius 2 is 1.76 bits per heavy atom. The quantitative estimate of drug-likeness (QED) is 0.505. The van der Waals surface area contributed by atoms with E-state index < -0.39 is 0 Å². The largest absolute Gasteiger partial charge is 0.339 e. The molecule has 0 aliphatic carbocycles. The Bertz CT molecular complexity index is 769. The lowest BCUT2D eigenvalue weighted by Crippen LogP contribution is -2.11. The van der Waals surface area contributed by atoms with Crippen LogP contribution in [0.3, 0.4) is 0 Å². The second-order valence-electron chi connectivity index (χ2n) is 4.69. The third-order valence-electron chi connectivity index (χ3n) is 3.38. The van der Waals surface area contributed by atoms with Crippen LogP contribution in [0.25, 0.3) is 10.9 Å². The highest BCUT2D eigenvalue weighted by Gasteiger charge is 2.08. The fourth-order valence-corrected chi connectivity index (χ4v) is 2.31. The van der Waals surface area contributed by atoms with Crippen molar-refractivity contribution in [3.05, 3.63) is 54.1 Å². The van der Waals surface area contributed by atoms with Crippen LogP contribution in [0.1, 0.15) is 12.5 Å². The van der Waals surface area contributed by atoms with Gasteiger partial charge in [-0.3, -0.25) is 5.43 Å². The van der Waals surface area contributed by atoms with Crippen LogP contribution >= 0.6 is 0 Å². The monoisotopic (exact) mass is 279 g/mol. The van der Waals surface area contributed by atoms with Crippen molar-refractivity contribution < 1.29 is 0 Å². The number of benzene rings is 2. The van der Waals surface area contributed by atoms with E-state index in [0.29, 0.717) is 5.95 Å². The molecule has 0 fully saturated rings. The molecule has 0 saturated carbocycles. The van der Waals surface area contributed by atoms with Crippen molar-refractivity contribution in [2.75, 3.05) is 10.7 Å². The zero-order valence-corrected chi connectivity index (χ0v) is 11.8. The average molecular weight is 279 g/mol. The van der Waals surface area contributed by atoms with Crippen LogP contribution in [0.2, 0.25) is 0 Å². The molecule has 0 atom stereocenters. The molecule has 0 amide bonds. The van der Waals surface area contributed by atoms with Gasteiger partial charge in [0.05, 0.1) is 5.52 Å². The van der Waals surface area contributed by atoms with Crippen LogP contribution in [0.15, 0.2) is 48.5 Å². The van der Waals surface area contributed by atoms with E-state index in [1.807, 2.05) is 42.5 Å². The second kappa shape index (κ2) is 5.76. The van der Waals surface area contributed by atoms with Crippen molar-refractivity contribution in [3.8, 4) is 0 Å².